The third-order valence-electron chi connectivity index (χ3n) is 1.68. The van der Waals surface area contributed by atoms with Gasteiger partial charge in [-0.2, -0.15) is 0 Å². The van der Waals surface area contributed by atoms with Crippen LogP contribution in [-0.4, -0.2) is 36.1 Å². The first-order valence-corrected chi connectivity index (χ1v) is 4.53. The molecular formula is C8H17N3O3. The van der Waals surface area contributed by atoms with E-state index in [2.05, 4.69) is 5.32 Å². The van der Waals surface area contributed by atoms with Crippen molar-refractivity contribution in [3.8, 4) is 0 Å². The molecule has 0 aliphatic heterocycles. The van der Waals surface area contributed by atoms with E-state index in [0.29, 0.717) is 13.1 Å². The van der Waals surface area contributed by atoms with Crippen molar-refractivity contribution in [2.75, 3.05) is 13.1 Å². The fourth-order valence-electron chi connectivity index (χ4n) is 0.856. The van der Waals surface area contributed by atoms with Gasteiger partial charge in [-0.15, -0.1) is 0 Å². The second-order valence-corrected chi connectivity index (χ2v) is 2.99. The van der Waals surface area contributed by atoms with Gasteiger partial charge < -0.3 is 21.9 Å². The summed E-state index contributed by atoms with van der Waals surface area (Å²) in [4.78, 5) is 21.3. The van der Waals surface area contributed by atoms with Gasteiger partial charge in [0.05, 0.1) is 6.42 Å². The summed E-state index contributed by atoms with van der Waals surface area (Å²) in [6.07, 6.45) is 1.45. The molecule has 0 radical (unpaired) electrons. The zero-order chi connectivity index (χ0) is 11.0. The molecule has 1 atom stereocenters. The Morgan fingerprint density at radius 1 is 1.36 bits per heavy atom. The number of nitrogens with two attached hydrogens (primary N) is 2. The van der Waals surface area contributed by atoms with Crippen LogP contribution in [0.4, 0.5) is 0 Å². The molecule has 0 aromatic heterocycles. The monoisotopic (exact) mass is 203 g/mol. The number of carboxylic acid groups (broad SMARTS) is 1. The van der Waals surface area contributed by atoms with Crippen molar-refractivity contribution in [2.24, 2.45) is 11.5 Å². The molecule has 0 heterocycles. The number of unbranched alkanes of at least 4 members (excludes halogenated alkanes) is 1. The third-order valence-corrected chi connectivity index (χ3v) is 1.68. The highest BCUT2D eigenvalue weighted by molar-refractivity contribution is 5.84. The molecule has 0 spiro atoms. The minimum Gasteiger partial charge on any atom is -0.480 e. The lowest BCUT2D eigenvalue weighted by molar-refractivity contribution is -0.140. The Hall–Kier alpha value is -1.14. The average Bonchev–Trinajstić information content (AvgIpc) is 2.12. The molecule has 0 saturated carbocycles. The molecular weight excluding hydrogens is 186 g/mol. The minimum absolute atomic E-state index is 0.183. The molecule has 6 nitrogen and oxygen atoms in total. The largest absolute Gasteiger partial charge is 0.480 e. The number of hydrogen-bond acceptors (Lipinski definition) is 4. The summed E-state index contributed by atoms with van der Waals surface area (Å²) < 4.78 is 0. The predicted molar refractivity (Wildman–Crippen MR) is 51.5 cm³/mol. The van der Waals surface area contributed by atoms with Gasteiger partial charge in [-0.05, 0) is 19.4 Å². The molecule has 0 bridgehead atoms. The summed E-state index contributed by atoms with van der Waals surface area (Å²) in [5, 5.41) is 11.0. The highest BCUT2D eigenvalue weighted by Gasteiger charge is 2.15. The molecule has 0 saturated heterocycles. The maximum absolute atomic E-state index is 11.0. The van der Waals surface area contributed by atoms with Crippen LogP contribution in [0, 0.1) is 0 Å². The Morgan fingerprint density at radius 2 is 2.00 bits per heavy atom. The van der Waals surface area contributed by atoms with Gasteiger partial charge in [0.2, 0.25) is 5.91 Å². The highest BCUT2D eigenvalue weighted by Crippen LogP contribution is 1.89. The molecule has 0 aliphatic carbocycles. The standard InChI is InChI=1S/C8H17N3O3/c9-3-1-2-4-11-7(12)5-6(10)8(13)14/h6H,1-5,9-10H2,(H,11,12)(H,13,14). The van der Waals surface area contributed by atoms with Crippen LogP contribution in [0.5, 0.6) is 0 Å². The highest BCUT2D eigenvalue weighted by atomic mass is 16.4. The summed E-state index contributed by atoms with van der Waals surface area (Å²) >= 11 is 0. The first kappa shape index (κ1) is 12.9. The van der Waals surface area contributed by atoms with Crippen LogP contribution in [0.2, 0.25) is 0 Å². The van der Waals surface area contributed by atoms with E-state index in [-0.39, 0.29) is 12.3 Å². The molecule has 0 aliphatic rings. The zero-order valence-electron chi connectivity index (χ0n) is 8.03. The number of amides is 1. The van der Waals surface area contributed by atoms with Crippen molar-refractivity contribution in [3.05, 3.63) is 0 Å². The fraction of sp³-hybridized carbons (Fsp3) is 0.750. The van der Waals surface area contributed by atoms with Gasteiger partial charge in [-0.1, -0.05) is 0 Å². The van der Waals surface area contributed by atoms with Crippen LogP contribution in [0.1, 0.15) is 19.3 Å². The number of rotatable bonds is 7. The van der Waals surface area contributed by atoms with E-state index in [1.54, 1.807) is 0 Å². The zero-order valence-corrected chi connectivity index (χ0v) is 8.03. The van der Waals surface area contributed by atoms with Crippen molar-refractivity contribution >= 4 is 11.9 Å². The van der Waals surface area contributed by atoms with Gasteiger partial charge >= 0.3 is 5.97 Å². The van der Waals surface area contributed by atoms with E-state index < -0.39 is 12.0 Å². The third kappa shape index (κ3) is 6.38. The van der Waals surface area contributed by atoms with Gasteiger partial charge in [-0.25, -0.2) is 0 Å². The van der Waals surface area contributed by atoms with Gasteiger partial charge in [0.1, 0.15) is 6.04 Å². The summed E-state index contributed by atoms with van der Waals surface area (Å²) in [5.74, 6) is -1.50. The molecule has 0 fully saturated rings. The quantitative estimate of drug-likeness (QED) is 0.381. The summed E-state index contributed by atoms with van der Waals surface area (Å²) in [6.45, 7) is 1.10. The topological polar surface area (TPSA) is 118 Å². The van der Waals surface area contributed by atoms with Gasteiger partial charge in [0.25, 0.3) is 0 Å². The summed E-state index contributed by atoms with van der Waals surface area (Å²) in [6, 6.07) is -1.12. The smallest absolute Gasteiger partial charge is 0.321 e. The lowest BCUT2D eigenvalue weighted by atomic mass is 10.2. The minimum atomic E-state index is -1.16. The Balaban J connectivity index is 3.50. The van der Waals surface area contributed by atoms with E-state index in [0.717, 1.165) is 12.8 Å². The molecule has 14 heavy (non-hydrogen) atoms. The number of nitrogens with one attached hydrogen (secondary N) is 1. The molecule has 6 N–H and O–H groups in total. The Kier molecular flexibility index (Phi) is 6.69. The Morgan fingerprint density at radius 3 is 2.50 bits per heavy atom. The molecule has 0 aromatic carbocycles. The second kappa shape index (κ2) is 7.28. The normalized spacial score (nSPS) is 12.1. The van der Waals surface area contributed by atoms with E-state index >= 15 is 0 Å². The van der Waals surface area contributed by atoms with Crippen molar-refractivity contribution in [3.63, 3.8) is 0 Å². The molecule has 1 amide bonds. The molecule has 0 aromatic rings. The first-order valence-electron chi connectivity index (χ1n) is 4.53. The van der Waals surface area contributed by atoms with Crippen LogP contribution in [0.3, 0.4) is 0 Å². The molecule has 6 heteroatoms. The number of carboxylic acids is 1. The second-order valence-electron chi connectivity index (χ2n) is 2.99. The van der Waals surface area contributed by atoms with Crippen molar-refractivity contribution in [1.29, 1.82) is 0 Å². The lowest BCUT2D eigenvalue weighted by Gasteiger charge is -2.07. The molecule has 82 valence electrons. The van der Waals surface area contributed by atoms with Gasteiger partial charge in [-0.3, -0.25) is 9.59 Å². The van der Waals surface area contributed by atoms with Crippen LogP contribution in [0.25, 0.3) is 0 Å². The van der Waals surface area contributed by atoms with E-state index in [4.69, 9.17) is 16.6 Å². The van der Waals surface area contributed by atoms with E-state index in [1.807, 2.05) is 0 Å². The maximum Gasteiger partial charge on any atom is 0.321 e. The maximum atomic E-state index is 11.0. The predicted octanol–water partition coefficient (Wildman–Crippen LogP) is -1.36. The van der Waals surface area contributed by atoms with Crippen molar-refractivity contribution < 1.29 is 14.7 Å². The SMILES string of the molecule is NCCCCNC(=O)CC(N)C(=O)O. The first-order chi connectivity index (χ1) is 6.57. The van der Waals surface area contributed by atoms with Crippen molar-refractivity contribution in [2.45, 2.75) is 25.3 Å². The van der Waals surface area contributed by atoms with E-state index in [9.17, 15) is 9.59 Å². The number of hydrogen-bond donors (Lipinski definition) is 4. The van der Waals surface area contributed by atoms with Crippen LogP contribution < -0.4 is 16.8 Å². The number of carbonyl (C=O) groups is 2. The molecule has 0 rings (SSSR count). The average molecular weight is 203 g/mol. The number of aliphatic carboxylic acids is 1. The van der Waals surface area contributed by atoms with Gasteiger partial charge in [0.15, 0.2) is 0 Å². The fourth-order valence-corrected chi connectivity index (χ4v) is 0.856. The van der Waals surface area contributed by atoms with Crippen LogP contribution >= 0.6 is 0 Å². The van der Waals surface area contributed by atoms with Crippen LogP contribution in [0.15, 0.2) is 0 Å². The Labute approximate surface area is 82.6 Å². The summed E-state index contributed by atoms with van der Waals surface area (Å²) in [7, 11) is 0. The Bertz CT molecular complexity index is 196. The van der Waals surface area contributed by atoms with Crippen molar-refractivity contribution in [1.82, 2.24) is 5.32 Å². The number of carbonyl (C=O) groups excluding carboxylic acids is 1. The van der Waals surface area contributed by atoms with E-state index in [1.165, 1.54) is 0 Å². The summed E-state index contributed by atoms with van der Waals surface area (Å²) in [5.41, 5.74) is 10.4. The van der Waals surface area contributed by atoms with Crippen LogP contribution in [-0.2, 0) is 9.59 Å². The lowest BCUT2D eigenvalue weighted by Crippen LogP contribution is -2.37. The van der Waals surface area contributed by atoms with Gasteiger partial charge in [0, 0.05) is 6.54 Å². The molecule has 1 unspecified atom stereocenters.